The van der Waals surface area contributed by atoms with E-state index >= 15 is 0 Å². The Bertz CT molecular complexity index is 1230. The minimum Gasteiger partial charge on any atom is -0.490 e. The molecule has 9 heteroatoms. The zero-order valence-corrected chi connectivity index (χ0v) is 20.5. The van der Waals surface area contributed by atoms with Crippen molar-refractivity contribution in [1.82, 2.24) is 5.32 Å². The van der Waals surface area contributed by atoms with Gasteiger partial charge in [0.1, 0.15) is 5.57 Å². The second-order valence-corrected chi connectivity index (χ2v) is 7.77. The number of imide groups is 2. The monoisotopic (exact) mass is 492 g/mol. The number of carbonyl (C=O) groups excluding carboxylic acids is 4. The number of anilines is 1. The lowest BCUT2D eigenvalue weighted by atomic mass is 10.0. The number of rotatable bonds is 10. The second-order valence-electron chi connectivity index (χ2n) is 7.77. The predicted molar refractivity (Wildman–Crippen MR) is 134 cm³/mol. The third-order valence-electron chi connectivity index (χ3n) is 5.23. The number of ether oxygens (including phenoxy) is 3. The largest absolute Gasteiger partial charge is 0.490 e. The quantitative estimate of drug-likeness (QED) is 0.233. The molecule has 1 aliphatic heterocycles. The molecule has 9 nitrogen and oxygen atoms in total. The Morgan fingerprint density at radius 1 is 1.08 bits per heavy atom. The molecule has 3 rings (SSSR count). The molecule has 0 aliphatic carbocycles. The number of para-hydroxylation sites is 1. The van der Waals surface area contributed by atoms with Crippen molar-refractivity contribution in [2.24, 2.45) is 0 Å². The van der Waals surface area contributed by atoms with Crippen molar-refractivity contribution >= 4 is 35.6 Å². The van der Waals surface area contributed by atoms with Gasteiger partial charge in [0, 0.05) is 5.56 Å². The Hall–Kier alpha value is -4.40. The van der Waals surface area contributed by atoms with Gasteiger partial charge in [-0.3, -0.25) is 14.9 Å². The van der Waals surface area contributed by atoms with Gasteiger partial charge in [0.15, 0.2) is 18.1 Å². The number of benzene rings is 2. The van der Waals surface area contributed by atoms with Crippen LogP contribution in [-0.4, -0.2) is 43.6 Å². The Labute approximate surface area is 209 Å². The van der Waals surface area contributed by atoms with Crippen LogP contribution in [0.1, 0.15) is 30.5 Å². The fourth-order valence-corrected chi connectivity index (χ4v) is 3.69. The summed E-state index contributed by atoms with van der Waals surface area (Å²) >= 11 is 0. The van der Waals surface area contributed by atoms with E-state index in [1.807, 2.05) is 0 Å². The molecule has 0 atom stereocenters. The Kier molecular flexibility index (Phi) is 8.61. The van der Waals surface area contributed by atoms with Gasteiger partial charge in [-0.1, -0.05) is 24.3 Å². The molecular formula is C27H28N2O7. The Morgan fingerprint density at radius 2 is 1.83 bits per heavy atom. The van der Waals surface area contributed by atoms with Crippen molar-refractivity contribution < 1.29 is 33.4 Å². The summed E-state index contributed by atoms with van der Waals surface area (Å²) in [5.74, 6) is -1.42. The second kappa shape index (κ2) is 11.8. The van der Waals surface area contributed by atoms with E-state index in [0.29, 0.717) is 46.9 Å². The summed E-state index contributed by atoms with van der Waals surface area (Å²) in [6.45, 7) is 9.23. The number of allylic oxidation sites excluding steroid dienone is 1. The number of esters is 1. The number of hydrogen-bond acceptors (Lipinski definition) is 7. The van der Waals surface area contributed by atoms with Gasteiger partial charge in [-0.25, -0.2) is 14.5 Å². The van der Waals surface area contributed by atoms with Crippen molar-refractivity contribution in [1.29, 1.82) is 0 Å². The van der Waals surface area contributed by atoms with E-state index < -0.39 is 23.8 Å². The van der Waals surface area contributed by atoms with E-state index in [0.717, 1.165) is 4.90 Å². The number of aryl methyl sites for hydroxylation is 1. The molecule has 1 saturated heterocycles. The van der Waals surface area contributed by atoms with E-state index in [1.165, 1.54) is 6.08 Å². The van der Waals surface area contributed by atoms with Gasteiger partial charge in [0.25, 0.3) is 11.8 Å². The first-order valence-electron chi connectivity index (χ1n) is 11.5. The molecule has 4 amide bonds. The van der Waals surface area contributed by atoms with Gasteiger partial charge in [-0.15, -0.1) is 6.58 Å². The first-order chi connectivity index (χ1) is 17.3. The van der Waals surface area contributed by atoms with Crippen LogP contribution in [0.3, 0.4) is 0 Å². The smallest absolute Gasteiger partial charge is 0.344 e. The lowest BCUT2D eigenvalue weighted by molar-refractivity contribution is -0.145. The highest BCUT2D eigenvalue weighted by atomic mass is 16.6. The summed E-state index contributed by atoms with van der Waals surface area (Å²) in [6, 6.07) is 9.36. The molecule has 1 heterocycles. The molecule has 0 spiro atoms. The van der Waals surface area contributed by atoms with Gasteiger partial charge in [0.05, 0.1) is 18.9 Å². The van der Waals surface area contributed by atoms with Gasteiger partial charge < -0.3 is 14.2 Å². The minimum atomic E-state index is -0.818. The molecule has 0 bridgehead atoms. The molecule has 0 saturated carbocycles. The fourth-order valence-electron chi connectivity index (χ4n) is 3.69. The predicted octanol–water partition coefficient (Wildman–Crippen LogP) is 3.73. The van der Waals surface area contributed by atoms with Gasteiger partial charge in [-0.2, -0.15) is 0 Å². The normalized spacial score (nSPS) is 14.5. The Balaban J connectivity index is 2.04. The summed E-state index contributed by atoms with van der Waals surface area (Å²) < 4.78 is 16.4. The zero-order chi connectivity index (χ0) is 26.2. The van der Waals surface area contributed by atoms with Crippen LogP contribution in [0.5, 0.6) is 11.5 Å². The number of hydrogen-bond donors (Lipinski definition) is 1. The molecule has 0 radical (unpaired) electrons. The fraction of sp³-hybridized carbons (Fsp3) is 0.259. The van der Waals surface area contributed by atoms with Crippen LogP contribution in [-0.2, 0) is 25.5 Å². The van der Waals surface area contributed by atoms with Crippen LogP contribution in [0.15, 0.2) is 54.6 Å². The van der Waals surface area contributed by atoms with Crippen LogP contribution in [0, 0.1) is 6.92 Å². The van der Waals surface area contributed by atoms with Crippen LogP contribution in [0.25, 0.3) is 6.08 Å². The first-order valence-corrected chi connectivity index (χ1v) is 11.5. The van der Waals surface area contributed by atoms with Gasteiger partial charge >= 0.3 is 12.0 Å². The molecule has 1 N–H and O–H groups in total. The summed E-state index contributed by atoms with van der Waals surface area (Å²) in [6.07, 6.45) is 3.40. The van der Waals surface area contributed by atoms with E-state index in [-0.39, 0.29) is 18.8 Å². The van der Waals surface area contributed by atoms with E-state index in [9.17, 15) is 19.2 Å². The molecular weight excluding hydrogens is 464 g/mol. The van der Waals surface area contributed by atoms with Crippen LogP contribution < -0.4 is 19.7 Å². The summed E-state index contributed by atoms with van der Waals surface area (Å²) in [5.41, 5.74) is 1.96. The van der Waals surface area contributed by atoms with Crippen molar-refractivity contribution in [3.63, 3.8) is 0 Å². The summed E-state index contributed by atoms with van der Waals surface area (Å²) in [4.78, 5) is 51.2. The molecule has 1 aliphatic rings. The highest BCUT2D eigenvalue weighted by Crippen LogP contribution is 2.35. The van der Waals surface area contributed by atoms with Crippen LogP contribution >= 0.6 is 0 Å². The third-order valence-corrected chi connectivity index (χ3v) is 5.23. The number of urea groups is 1. The molecule has 0 aromatic heterocycles. The summed E-state index contributed by atoms with van der Waals surface area (Å²) in [5, 5.41) is 2.23. The molecule has 188 valence electrons. The van der Waals surface area contributed by atoms with E-state index in [2.05, 4.69) is 11.9 Å². The minimum absolute atomic E-state index is 0.218. The number of carbonyl (C=O) groups is 4. The van der Waals surface area contributed by atoms with Gasteiger partial charge in [0.2, 0.25) is 0 Å². The lowest BCUT2D eigenvalue weighted by Crippen LogP contribution is -2.54. The SMILES string of the molecule is C=CCc1cc(/C=C2\C(=O)NC(=O)N(c3ccccc3C)C2=O)cc(OCC)c1OCC(=O)OCC. The van der Waals surface area contributed by atoms with Gasteiger partial charge in [-0.05, 0) is 62.6 Å². The number of nitrogens with zero attached hydrogens (tertiary/aromatic N) is 1. The van der Waals surface area contributed by atoms with Crippen LogP contribution in [0.2, 0.25) is 0 Å². The average molecular weight is 493 g/mol. The number of barbiturate groups is 1. The lowest BCUT2D eigenvalue weighted by Gasteiger charge is -2.27. The highest BCUT2D eigenvalue weighted by Gasteiger charge is 2.37. The number of amides is 4. The average Bonchev–Trinajstić information content (AvgIpc) is 2.83. The molecule has 36 heavy (non-hydrogen) atoms. The maximum Gasteiger partial charge on any atom is 0.344 e. The van der Waals surface area contributed by atoms with E-state index in [4.69, 9.17) is 14.2 Å². The Morgan fingerprint density at radius 3 is 2.50 bits per heavy atom. The van der Waals surface area contributed by atoms with Crippen molar-refractivity contribution in [3.8, 4) is 11.5 Å². The molecule has 0 unspecified atom stereocenters. The maximum absolute atomic E-state index is 13.3. The van der Waals surface area contributed by atoms with Crippen molar-refractivity contribution in [3.05, 3.63) is 71.3 Å². The standard InChI is InChI=1S/C27H28N2O7/c1-5-10-19-13-18(15-22(34-6-2)24(19)36-16-23(30)35-7-3)14-20-25(31)28-27(33)29(26(20)32)21-12-9-8-11-17(21)4/h5,8-9,11-15H,1,6-7,10,16H2,2-4H3,(H,28,31,33)/b20-14+. The molecule has 2 aromatic carbocycles. The van der Waals surface area contributed by atoms with Crippen molar-refractivity contribution in [2.45, 2.75) is 27.2 Å². The third kappa shape index (κ3) is 5.80. The zero-order valence-electron chi connectivity index (χ0n) is 20.5. The maximum atomic E-state index is 13.3. The first kappa shape index (κ1) is 26.2. The topological polar surface area (TPSA) is 111 Å². The van der Waals surface area contributed by atoms with Crippen LogP contribution in [0.4, 0.5) is 10.5 Å². The number of nitrogens with one attached hydrogen (secondary N) is 1. The molecule has 1 fully saturated rings. The summed E-state index contributed by atoms with van der Waals surface area (Å²) in [7, 11) is 0. The molecule has 2 aromatic rings. The van der Waals surface area contributed by atoms with E-state index in [1.54, 1.807) is 63.2 Å². The van der Waals surface area contributed by atoms with Crippen molar-refractivity contribution in [2.75, 3.05) is 24.7 Å². The highest BCUT2D eigenvalue weighted by molar-refractivity contribution is 6.39.